The van der Waals surface area contributed by atoms with Crippen LogP contribution in [0.4, 0.5) is 0 Å². The Morgan fingerprint density at radius 2 is 1.81 bits per heavy atom. The molecule has 0 aromatic carbocycles. The van der Waals surface area contributed by atoms with E-state index in [2.05, 4.69) is 4.98 Å². The Kier molecular flexibility index (Phi) is 7.08. The zero-order chi connectivity index (χ0) is 16.6. The Bertz CT molecular complexity index is 490. The highest BCUT2D eigenvalue weighted by Gasteiger charge is 2.23. The van der Waals surface area contributed by atoms with E-state index in [1.54, 1.807) is 20.8 Å². The van der Waals surface area contributed by atoms with Crippen LogP contribution in [0.3, 0.4) is 0 Å². The number of rotatable bonds is 3. The van der Waals surface area contributed by atoms with E-state index in [4.69, 9.17) is 34.7 Å². The number of hydrogen-bond acceptors (Lipinski definition) is 7. The van der Waals surface area contributed by atoms with E-state index in [0.29, 0.717) is 18.7 Å². The maximum Gasteiger partial charge on any atom is 0.414 e. The third-order valence-electron chi connectivity index (χ3n) is 1.79. The zero-order valence-corrected chi connectivity index (χ0v) is 12.0. The first-order valence-corrected chi connectivity index (χ1v) is 5.90. The molecule has 1 rings (SSSR count). The number of carbonyl (C=O) groups is 3. The second-order valence-corrected chi connectivity index (χ2v) is 4.78. The van der Waals surface area contributed by atoms with Gasteiger partial charge in [-0.1, -0.05) is 0 Å². The molecule has 0 amide bonds. The van der Waals surface area contributed by atoms with Crippen LogP contribution in [0.2, 0.25) is 0 Å². The van der Waals surface area contributed by atoms with Crippen LogP contribution in [0.1, 0.15) is 37.0 Å². The molecule has 0 spiro atoms. The number of nitrogens with zero attached hydrogens (tertiary/aromatic N) is 1. The molecule has 9 nitrogen and oxygen atoms in total. The van der Waals surface area contributed by atoms with Crippen molar-refractivity contribution in [3.8, 4) is 0 Å². The van der Waals surface area contributed by atoms with Crippen molar-refractivity contribution in [3.05, 3.63) is 17.8 Å². The fourth-order valence-electron chi connectivity index (χ4n) is 1.07. The Balaban J connectivity index is 0.000000567. The predicted octanol–water partition coefficient (Wildman–Crippen LogP) is 0.287. The molecule has 1 aromatic heterocycles. The molecule has 118 valence electrons. The van der Waals surface area contributed by atoms with Gasteiger partial charge in [0.25, 0.3) is 0 Å². The molecule has 0 aliphatic heterocycles. The molecule has 9 heteroatoms. The molecule has 1 aromatic rings. The SMILES string of the molecule is CC(C)(C)OC(=O)c1ncoc1CCN.O=C(O)C(=O)O. The summed E-state index contributed by atoms with van der Waals surface area (Å²) in [5.74, 6) is -3.64. The first kappa shape index (κ1) is 18.6. The van der Waals surface area contributed by atoms with Crippen LogP contribution < -0.4 is 5.73 Å². The van der Waals surface area contributed by atoms with Gasteiger partial charge in [-0.15, -0.1) is 0 Å². The van der Waals surface area contributed by atoms with Crippen molar-refractivity contribution in [1.82, 2.24) is 4.98 Å². The van der Waals surface area contributed by atoms with Gasteiger partial charge in [0.15, 0.2) is 12.1 Å². The average molecular weight is 302 g/mol. The summed E-state index contributed by atoms with van der Waals surface area (Å²) < 4.78 is 10.2. The summed E-state index contributed by atoms with van der Waals surface area (Å²) in [5.41, 5.74) is 5.06. The highest BCUT2D eigenvalue weighted by atomic mass is 16.6. The molecular formula is C12H18N2O7. The highest BCUT2D eigenvalue weighted by molar-refractivity contribution is 6.27. The molecule has 0 unspecified atom stereocenters. The Morgan fingerprint density at radius 3 is 2.19 bits per heavy atom. The van der Waals surface area contributed by atoms with Crippen LogP contribution in [0, 0.1) is 0 Å². The van der Waals surface area contributed by atoms with E-state index in [9.17, 15) is 4.79 Å². The van der Waals surface area contributed by atoms with E-state index in [1.165, 1.54) is 6.39 Å². The summed E-state index contributed by atoms with van der Waals surface area (Å²) in [6.45, 7) is 5.81. The van der Waals surface area contributed by atoms with Crippen molar-refractivity contribution in [1.29, 1.82) is 0 Å². The van der Waals surface area contributed by atoms with Gasteiger partial charge in [0.1, 0.15) is 11.4 Å². The van der Waals surface area contributed by atoms with Crippen LogP contribution in [0.25, 0.3) is 0 Å². The van der Waals surface area contributed by atoms with Gasteiger partial charge in [0.05, 0.1) is 0 Å². The number of nitrogens with two attached hydrogens (primary N) is 1. The largest absolute Gasteiger partial charge is 0.473 e. The molecule has 1 heterocycles. The summed E-state index contributed by atoms with van der Waals surface area (Å²) in [7, 11) is 0. The Hall–Kier alpha value is -2.42. The first-order valence-electron chi connectivity index (χ1n) is 5.90. The number of esters is 1. The predicted molar refractivity (Wildman–Crippen MR) is 69.7 cm³/mol. The lowest BCUT2D eigenvalue weighted by Gasteiger charge is -2.18. The van der Waals surface area contributed by atoms with Crippen molar-refractivity contribution in [3.63, 3.8) is 0 Å². The van der Waals surface area contributed by atoms with Gasteiger partial charge in [-0.2, -0.15) is 0 Å². The van der Waals surface area contributed by atoms with Crippen molar-refractivity contribution >= 4 is 17.9 Å². The number of aromatic nitrogens is 1. The number of carboxylic acids is 2. The number of ether oxygens (including phenoxy) is 1. The van der Waals surface area contributed by atoms with Gasteiger partial charge in [0.2, 0.25) is 0 Å². The number of aliphatic carboxylic acids is 2. The monoisotopic (exact) mass is 302 g/mol. The van der Waals surface area contributed by atoms with Crippen molar-refractivity contribution in [2.24, 2.45) is 5.73 Å². The fourth-order valence-corrected chi connectivity index (χ4v) is 1.07. The molecule has 0 atom stereocenters. The van der Waals surface area contributed by atoms with Gasteiger partial charge in [0, 0.05) is 6.42 Å². The summed E-state index contributed by atoms with van der Waals surface area (Å²) in [6.07, 6.45) is 1.71. The maximum atomic E-state index is 11.6. The average Bonchev–Trinajstić information content (AvgIpc) is 2.76. The molecule has 0 aliphatic rings. The van der Waals surface area contributed by atoms with Crippen molar-refractivity contribution in [2.45, 2.75) is 32.8 Å². The Labute approximate surface area is 120 Å². The fraction of sp³-hybridized carbons (Fsp3) is 0.500. The van der Waals surface area contributed by atoms with Crippen LogP contribution in [0.15, 0.2) is 10.8 Å². The Morgan fingerprint density at radius 1 is 1.29 bits per heavy atom. The van der Waals surface area contributed by atoms with Crippen molar-refractivity contribution in [2.75, 3.05) is 6.54 Å². The number of oxazole rings is 1. The van der Waals surface area contributed by atoms with Gasteiger partial charge in [-0.05, 0) is 27.3 Å². The third kappa shape index (κ3) is 7.67. The van der Waals surface area contributed by atoms with E-state index < -0.39 is 23.5 Å². The molecule has 0 saturated heterocycles. The van der Waals surface area contributed by atoms with Gasteiger partial charge in [-0.3, -0.25) is 0 Å². The molecular weight excluding hydrogens is 284 g/mol. The minimum absolute atomic E-state index is 0.218. The van der Waals surface area contributed by atoms with Crippen LogP contribution >= 0.6 is 0 Å². The molecule has 0 aliphatic carbocycles. The molecule has 0 fully saturated rings. The topological polar surface area (TPSA) is 153 Å². The standard InChI is InChI=1S/C10H16N2O3.C2H2O4/c1-10(2,3)15-9(13)8-7(4-5-11)14-6-12-8;3-1(4)2(5)6/h6H,4-5,11H2,1-3H3;(H,3,4)(H,5,6). The van der Waals surface area contributed by atoms with E-state index in [-0.39, 0.29) is 5.69 Å². The molecule has 0 saturated carbocycles. The lowest BCUT2D eigenvalue weighted by molar-refractivity contribution is -0.159. The van der Waals surface area contributed by atoms with Gasteiger partial charge >= 0.3 is 17.9 Å². The quantitative estimate of drug-likeness (QED) is 0.527. The summed E-state index contributed by atoms with van der Waals surface area (Å²) in [4.78, 5) is 33.7. The normalized spacial score (nSPS) is 10.3. The maximum absolute atomic E-state index is 11.6. The van der Waals surface area contributed by atoms with Crippen molar-refractivity contribution < 1.29 is 33.8 Å². The van der Waals surface area contributed by atoms with Crippen LogP contribution in [-0.4, -0.2) is 45.3 Å². The van der Waals surface area contributed by atoms with E-state index in [1.807, 2.05) is 0 Å². The third-order valence-corrected chi connectivity index (χ3v) is 1.79. The minimum atomic E-state index is -1.82. The lowest BCUT2D eigenvalue weighted by atomic mass is 10.2. The second kappa shape index (κ2) is 8.00. The number of hydrogen-bond donors (Lipinski definition) is 3. The number of carboxylic acid groups (broad SMARTS) is 2. The van der Waals surface area contributed by atoms with Crippen LogP contribution in [0.5, 0.6) is 0 Å². The van der Waals surface area contributed by atoms with Gasteiger partial charge in [-0.25, -0.2) is 19.4 Å². The van der Waals surface area contributed by atoms with E-state index in [0.717, 1.165) is 0 Å². The molecule has 0 radical (unpaired) electrons. The zero-order valence-electron chi connectivity index (χ0n) is 12.0. The molecule has 0 bridgehead atoms. The molecule has 4 N–H and O–H groups in total. The number of carbonyl (C=O) groups excluding carboxylic acids is 1. The minimum Gasteiger partial charge on any atom is -0.473 e. The van der Waals surface area contributed by atoms with E-state index >= 15 is 0 Å². The van der Waals surface area contributed by atoms with Gasteiger partial charge < -0.3 is 25.1 Å². The highest BCUT2D eigenvalue weighted by Crippen LogP contribution is 2.14. The summed E-state index contributed by atoms with van der Waals surface area (Å²) >= 11 is 0. The summed E-state index contributed by atoms with van der Waals surface area (Å²) in [6, 6.07) is 0. The lowest BCUT2D eigenvalue weighted by Crippen LogP contribution is -2.24. The first-order chi connectivity index (χ1) is 9.58. The molecule has 21 heavy (non-hydrogen) atoms. The smallest absolute Gasteiger partial charge is 0.414 e. The van der Waals surface area contributed by atoms with Crippen LogP contribution in [-0.2, 0) is 20.7 Å². The summed E-state index contributed by atoms with van der Waals surface area (Å²) in [5, 5.41) is 14.8. The second-order valence-electron chi connectivity index (χ2n) is 4.78.